The first-order valence-corrected chi connectivity index (χ1v) is 17.0. The van der Waals surface area contributed by atoms with Gasteiger partial charge >= 0.3 is 0 Å². The van der Waals surface area contributed by atoms with Crippen LogP contribution < -0.4 is 19.6 Å². The molecule has 0 amide bonds. The molecule has 0 N–H and O–H groups in total. The third kappa shape index (κ3) is 5.06. The smallest absolute Gasteiger partial charge is 0.168 e. The molecule has 0 fully saturated rings. The number of aryl methyl sites for hydroxylation is 8. The fourth-order valence-electron chi connectivity index (χ4n) is 6.88. The van der Waals surface area contributed by atoms with Crippen molar-refractivity contribution in [3.05, 3.63) is 154 Å². The average Bonchev–Trinajstić information content (AvgIpc) is 3.57. The molecule has 0 unspecified atom stereocenters. The molecule has 248 valence electrons. The second-order valence-corrected chi connectivity index (χ2v) is 13.4. The van der Waals surface area contributed by atoms with Crippen molar-refractivity contribution < 1.29 is 0 Å². The van der Waals surface area contributed by atoms with Gasteiger partial charge in [0.2, 0.25) is 0 Å². The Morgan fingerprint density at radius 2 is 0.540 bits per heavy atom. The van der Waals surface area contributed by atoms with Gasteiger partial charge in [0.25, 0.3) is 0 Å². The van der Waals surface area contributed by atoms with Gasteiger partial charge in [0.15, 0.2) is 11.6 Å². The number of rotatable bonds is 4. The molecule has 0 saturated carbocycles. The first kappa shape index (κ1) is 31.3. The highest BCUT2D eigenvalue weighted by atomic mass is 15.5. The molecule has 0 radical (unpaired) electrons. The van der Waals surface area contributed by atoms with Crippen molar-refractivity contribution in [1.82, 2.24) is 19.9 Å². The van der Waals surface area contributed by atoms with E-state index in [9.17, 15) is 0 Å². The second kappa shape index (κ2) is 11.8. The molecule has 4 aromatic heterocycles. The van der Waals surface area contributed by atoms with Gasteiger partial charge in [-0.25, -0.2) is 19.9 Å². The van der Waals surface area contributed by atoms with E-state index in [1.165, 1.54) is 22.3 Å². The zero-order chi connectivity index (χ0) is 34.8. The van der Waals surface area contributed by atoms with Gasteiger partial charge in [0.05, 0.1) is 22.7 Å². The van der Waals surface area contributed by atoms with Gasteiger partial charge in [0, 0.05) is 22.8 Å². The van der Waals surface area contributed by atoms with Gasteiger partial charge in [0.1, 0.15) is 23.3 Å². The summed E-state index contributed by atoms with van der Waals surface area (Å²) in [4.78, 5) is 29.7. The molecular weight excluding hydrogens is 617 g/mol. The first-order chi connectivity index (χ1) is 24.1. The van der Waals surface area contributed by atoms with Crippen molar-refractivity contribution in [2.45, 2.75) is 55.4 Å². The number of hydrogen-bond acceptors (Lipinski definition) is 8. The molecule has 2 aliphatic rings. The van der Waals surface area contributed by atoms with Crippen LogP contribution in [0.5, 0.6) is 0 Å². The normalized spacial score (nSPS) is 13.8. The SMILES string of the molecule is Cc1cccc(N2C(=C3N(c4cccc(C)n4)c4cc(C)c(C)cc4N3c3cccc(C)n3)N(c3cccc(C)n3)c3cc(C)c(C)cc32)n1. The summed E-state index contributed by atoms with van der Waals surface area (Å²) in [5.74, 6) is 4.99. The van der Waals surface area contributed by atoms with E-state index in [4.69, 9.17) is 19.9 Å². The Kier molecular flexibility index (Phi) is 7.40. The fraction of sp³-hybridized carbons (Fsp3) is 0.190. The molecule has 0 aliphatic carbocycles. The Morgan fingerprint density at radius 3 is 0.740 bits per heavy atom. The van der Waals surface area contributed by atoms with Crippen LogP contribution in [0.25, 0.3) is 0 Å². The van der Waals surface area contributed by atoms with E-state index in [0.717, 1.165) is 80.4 Å². The van der Waals surface area contributed by atoms with Crippen LogP contribution >= 0.6 is 0 Å². The van der Waals surface area contributed by atoms with Crippen LogP contribution in [0.4, 0.5) is 46.0 Å². The number of pyridine rings is 4. The highest BCUT2D eigenvalue weighted by molar-refractivity contribution is 5.99. The third-order valence-electron chi connectivity index (χ3n) is 9.60. The molecule has 6 heterocycles. The lowest BCUT2D eigenvalue weighted by Gasteiger charge is -2.33. The van der Waals surface area contributed by atoms with Gasteiger partial charge in [-0.1, -0.05) is 24.3 Å². The average molecular weight is 657 g/mol. The zero-order valence-corrected chi connectivity index (χ0v) is 29.8. The van der Waals surface area contributed by atoms with Crippen LogP contribution in [0.15, 0.2) is 109 Å². The summed E-state index contributed by atoms with van der Waals surface area (Å²) in [5, 5.41) is 0. The third-order valence-corrected chi connectivity index (χ3v) is 9.60. The van der Waals surface area contributed by atoms with Crippen LogP contribution in [0.3, 0.4) is 0 Å². The highest BCUT2D eigenvalue weighted by Crippen LogP contribution is 2.57. The molecule has 50 heavy (non-hydrogen) atoms. The maximum Gasteiger partial charge on any atom is 0.168 e. The summed E-state index contributed by atoms with van der Waals surface area (Å²) in [5.41, 5.74) is 12.6. The minimum Gasteiger partial charge on any atom is -0.275 e. The standard InChI is InChI=1S/C42H40N8/c1-25-21-33-34(22-26(25)2)48(38-18-10-14-30(6)44-38)41(47(33)37-17-9-13-29(5)43-37)42-49(39-19-11-15-31(7)45-39)35-23-27(3)28(4)24-36(35)50(42)40-20-12-16-32(8)46-40/h9-24H,1-8H3. The number of aromatic nitrogens is 4. The number of hydrogen-bond donors (Lipinski definition) is 0. The molecule has 0 atom stereocenters. The lowest BCUT2D eigenvalue weighted by atomic mass is 10.1. The number of benzene rings is 2. The van der Waals surface area contributed by atoms with Gasteiger partial charge in [-0.15, -0.1) is 0 Å². The van der Waals surface area contributed by atoms with E-state index in [1.54, 1.807) is 0 Å². The van der Waals surface area contributed by atoms with E-state index >= 15 is 0 Å². The predicted molar refractivity (Wildman–Crippen MR) is 203 cm³/mol. The van der Waals surface area contributed by atoms with Crippen molar-refractivity contribution in [2.75, 3.05) is 19.6 Å². The van der Waals surface area contributed by atoms with Crippen LogP contribution in [0.2, 0.25) is 0 Å². The molecule has 8 heteroatoms. The van der Waals surface area contributed by atoms with E-state index < -0.39 is 0 Å². The van der Waals surface area contributed by atoms with Gasteiger partial charge in [-0.2, -0.15) is 0 Å². The number of nitrogens with zero attached hydrogens (tertiary/aromatic N) is 8. The van der Waals surface area contributed by atoms with Gasteiger partial charge in [-0.05, 0) is 150 Å². The molecule has 6 aromatic rings. The Morgan fingerprint density at radius 1 is 0.320 bits per heavy atom. The van der Waals surface area contributed by atoms with E-state index in [0.29, 0.717) is 0 Å². The van der Waals surface area contributed by atoms with Gasteiger partial charge < -0.3 is 0 Å². The van der Waals surface area contributed by atoms with E-state index in [1.807, 2.05) is 52.0 Å². The summed E-state index contributed by atoms with van der Waals surface area (Å²) in [6.45, 7) is 16.8. The zero-order valence-electron chi connectivity index (χ0n) is 29.8. The van der Waals surface area contributed by atoms with Crippen LogP contribution in [0, 0.1) is 55.4 Å². The Bertz CT molecular complexity index is 2030. The van der Waals surface area contributed by atoms with E-state index in [-0.39, 0.29) is 0 Å². The quantitative estimate of drug-likeness (QED) is 0.186. The van der Waals surface area contributed by atoms with Crippen LogP contribution in [-0.4, -0.2) is 19.9 Å². The van der Waals surface area contributed by atoms with E-state index in [2.05, 4.69) is 120 Å². The minimum atomic E-state index is 0.810. The second-order valence-electron chi connectivity index (χ2n) is 13.4. The maximum atomic E-state index is 5.15. The lowest BCUT2D eigenvalue weighted by Crippen LogP contribution is -2.34. The summed E-state index contributed by atoms with van der Waals surface area (Å²) < 4.78 is 0. The molecule has 2 aromatic carbocycles. The topological polar surface area (TPSA) is 64.5 Å². The Labute approximate surface area is 294 Å². The lowest BCUT2D eigenvalue weighted by molar-refractivity contribution is 0.952. The molecular formula is C42H40N8. The van der Waals surface area contributed by atoms with Crippen molar-refractivity contribution in [3.63, 3.8) is 0 Å². The molecule has 2 aliphatic heterocycles. The largest absolute Gasteiger partial charge is 0.275 e. The Hall–Kier alpha value is -6.02. The number of fused-ring (bicyclic) bond motifs is 2. The van der Waals surface area contributed by atoms with Crippen molar-refractivity contribution in [1.29, 1.82) is 0 Å². The summed E-state index contributed by atoms with van der Waals surface area (Å²) >= 11 is 0. The Balaban J connectivity index is 1.58. The van der Waals surface area contributed by atoms with Crippen LogP contribution in [-0.2, 0) is 0 Å². The van der Waals surface area contributed by atoms with Crippen LogP contribution in [0.1, 0.15) is 45.0 Å². The molecule has 0 saturated heterocycles. The predicted octanol–water partition coefficient (Wildman–Crippen LogP) is 10.1. The van der Waals surface area contributed by atoms with Crippen molar-refractivity contribution in [2.24, 2.45) is 0 Å². The molecule has 0 spiro atoms. The van der Waals surface area contributed by atoms with Crippen molar-refractivity contribution in [3.8, 4) is 0 Å². The fourth-order valence-corrected chi connectivity index (χ4v) is 6.88. The summed E-state index contributed by atoms with van der Waals surface area (Å²) in [6.07, 6.45) is 0. The molecule has 8 rings (SSSR count). The summed E-state index contributed by atoms with van der Waals surface area (Å²) in [6, 6.07) is 33.9. The monoisotopic (exact) mass is 656 g/mol. The molecule has 8 nitrogen and oxygen atoms in total. The van der Waals surface area contributed by atoms with Crippen molar-refractivity contribution >= 4 is 46.0 Å². The minimum absolute atomic E-state index is 0.810. The summed E-state index contributed by atoms with van der Waals surface area (Å²) in [7, 11) is 0. The van der Waals surface area contributed by atoms with Gasteiger partial charge in [-0.3, -0.25) is 19.6 Å². The first-order valence-electron chi connectivity index (χ1n) is 17.0. The highest BCUT2D eigenvalue weighted by Gasteiger charge is 2.46. The maximum absolute atomic E-state index is 5.15. The molecule has 0 bridgehead atoms. The number of anilines is 8.